The van der Waals surface area contributed by atoms with Crippen molar-refractivity contribution >= 4 is 11.7 Å². The Morgan fingerprint density at radius 2 is 1.75 bits per heavy atom. The molecule has 2 rings (SSSR count). The van der Waals surface area contributed by atoms with Crippen LogP contribution in [-0.2, 0) is 13.0 Å². The number of amides is 2. The Bertz CT molecular complexity index is 691. The summed E-state index contributed by atoms with van der Waals surface area (Å²) < 4.78 is 0. The maximum Gasteiger partial charge on any atom is 0.315 e. The maximum atomic E-state index is 11.8. The van der Waals surface area contributed by atoms with E-state index in [1.165, 1.54) is 6.07 Å². The van der Waals surface area contributed by atoms with Gasteiger partial charge in [-0.2, -0.15) is 0 Å². The first-order chi connectivity index (χ1) is 11.6. The molecule has 7 heteroatoms. The highest BCUT2D eigenvalue weighted by Crippen LogP contribution is 2.16. The molecule has 0 aliphatic heterocycles. The molecule has 0 aliphatic carbocycles. The second-order valence-electron chi connectivity index (χ2n) is 5.29. The first kappa shape index (κ1) is 17.4. The van der Waals surface area contributed by atoms with Gasteiger partial charge in [-0.05, 0) is 5.56 Å². The molecule has 2 aromatic carbocycles. The fourth-order valence-corrected chi connectivity index (χ4v) is 2.25. The number of carbonyl (C=O) groups is 1. The molecule has 0 spiro atoms. The van der Waals surface area contributed by atoms with Crippen molar-refractivity contribution < 1.29 is 14.8 Å². The largest absolute Gasteiger partial charge is 0.391 e. The van der Waals surface area contributed by atoms with Gasteiger partial charge in [-0.25, -0.2) is 4.79 Å². The number of nitro benzene ring substituents is 1. The number of hydrogen-bond donors (Lipinski definition) is 3. The molecular weight excluding hydrogens is 310 g/mol. The predicted octanol–water partition coefficient (Wildman–Crippen LogP) is 2.00. The summed E-state index contributed by atoms with van der Waals surface area (Å²) in [5.74, 6) is 0. The van der Waals surface area contributed by atoms with E-state index in [2.05, 4.69) is 10.6 Å². The van der Waals surface area contributed by atoms with Gasteiger partial charge in [-0.15, -0.1) is 0 Å². The Labute approximate surface area is 139 Å². The molecule has 24 heavy (non-hydrogen) atoms. The van der Waals surface area contributed by atoms with Crippen molar-refractivity contribution in [1.29, 1.82) is 0 Å². The van der Waals surface area contributed by atoms with Crippen LogP contribution in [0.2, 0.25) is 0 Å². The number of hydrogen-bond acceptors (Lipinski definition) is 4. The van der Waals surface area contributed by atoms with E-state index < -0.39 is 17.1 Å². The Balaban J connectivity index is 1.77. The summed E-state index contributed by atoms with van der Waals surface area (Å²) in [4.78, 5) is 22.2. The van der Waals surface area contributed by atoms with E-state index in [1.807, 2.05) is 30.3 Å². The van der Waals surface area contributed by atoms with Crippen molar-refractivity contribution in [3.05, 3.63) is 75.8 Å². The van der Waals surface area contributed by atoms with Gasteiger partial charge >= 0.3 is 6.03 Å². The molecular formula is C17H19N3O4. The van der Waals surface area contributed by atoms with Crippen LogP contribution in [0.15, 0.2) is 54.6 Å². The minimum atomic E-state index is -0.704. The lowest BCUT2D eigenvalue weighted by Crippen LogP contribution is -2.40. The molecule has 1 unspecified atom stereocenters. The number of urea groups is 1. The zero-order chi connectivity index (χ0) is 17.4. The molecule has 0 heterocycles. The number of benzene rings is 2. The Morgan fingerprint density at radius 1 is 1.08 bits per heavy atom. The van der Waals surface area contributed by atoms with Crippen LogP contribution >= 0.6 is 0 Å². The number of nitrogens with one attached hydrogen (secondary N) is 2. The van der Waals surface area contributed by atoms with Crippen molar-refractivity contribution in [3.63, 3.8) is 0 Å². The molecule has 0 saturated heterocycles. The average Bonchev–Trinajstić information content (AvgIpc) is 2.59. The van der Waals surface area contributed by atoms with Gasteiger partial charge in [0.25, 0.3) is 5.69 Å². The number of carbonyl (C=O) groups excluding carboxylic acids is 1. The van der Waals surface area contributed by atoms with E-state index in [-0.39, 0.29) is 18.8 Å². The van der Waals surface area contributed by atoms with Crippen LogP contribution in [0, 0.1) is 10.1 Å². The first-order valence-electron chi connectivity index (χ1n) is 7.52. The molecule has 7 nitrogen and oxygen atoms in total. The summed E-state index contributed by atoms with van der Waals surface area (Å²) in [6, 6.07) is 15.2. The summed E-state index contributed by atoms with van der Waals surface area (Å²) in [7, 11) is 0. The van der Waals surface area contributed by atoms with Crippen molar-refractivity contribution in [3.8, 4) is 0 Å². The van der Waals surface area contributed by atoms with Gasteiger partial charge in [0.1, 0.15) is 0 Å². The Hall–Kier alpha value is -2.93. The number of nitro groups is 1. The standard InChI is InChI=1S/C17H19N3O4/c21-15(10-13-6-2-1-3-7-13)12-19-17(22)18-11-14-8-4-5-9-16(14)20(23)24/h1-9,15,21H,10-12H2,(H2,18,19,22). The monoisotopic (exact) mass is 329 g/mol. The lowest BCUT2D eigenvalue weighted by Gasteiger charge is -2.13. The van der Waals surface area contributed by atoms with Crippen LogP contribution in [0.5, 0.6) is 0 Å². The number of para-hydroxylation sites is 1. The highest BCUT2D eigenvalue weighted by molar-refractivity contribution is 5.74. The van der Waals surface area contributed by atoms with Crippen molar-refractivity contribution in [2.45, 2.75) is 19.1 Å². The smallest absolute Gasteiger partial charge is 0.315 e. The van der Waals surface area contributed by atoms with Crippen LogP contribution in [0.1, 0.15) is 11.1 Å². The van der Waals surface area contributed by atoms with Gasteiger partial charge in [0.05, 0.1) is 17.6 Å². The highest BCUT2D eigenvalue weighted by atomic mass is 16.6. The number of rotatable bonds is 7. The van der Waals surface area contributed by atoms with Gasteiger partial charge in [0, 0.05) is 24.6 Å². The van der Waals surface area contributed by atoms with E-state index in [0.29, 0.717) is 12.0 Å². The Kier molecular flexibility index (Phi) is 6.27. The summed E-state index contributed by atoms with van der Waals surface area (Å²) in [5.41, 5.74) is 1.36. The van der Waals surface area contributed by atoms with Gasteiger partial charge in [0.15, 0.2) is 0 Å². The molecule has 0 aliphatic rings. The molecule has 2 amide bonds. The van der Waals surface area contributed by atoms with Crippen molar-refractivity contribution in [2.24, 2.45) is 0 Å². The number of nitrogens with zero attached hydrogens (tertiary/aromatic N) is 1. The Morgan fingerprint density at radius 3 is 2.46 bits per heavy atom. The molecule has 0 radical (unpaired) electrons. The van der Waals surface area contributed by atoms with Crippen LogP contribution in [0.25, 0.3) is 0 Å². The van der Waals surface area contributed by atoms with Gasteiger partial charge in [0.2, 0.25) is 0 Å². The van der Waals surface area contributed by atoms with Gasteiger partial charge in [-0.3, -0.25) is 10.1 Å². The van der Waals surface area contributed by atoms with E-state index in [4.69, 9.17) is 0 Å². The van der Waals surface area contributed by atoms with E-state index in [0.717, 1.165) is 5.56 Å². The van der Waals surface area contributed by atoms with Crippen LogP contribution < -0.4 is 10.6 Å². The van der Waals surface area contributed by atoms with E-state index in [1.54, 1.807) is 18.2 Å². The SMILES string of the molecule is O=C(NCc1ccccc1[N+](=O)[O-])NCC(O)Cc1ccccc1. The maximum absolute atomic E-state index is 11.8. The lowest BCUT2D eigenvalue weighted by atomic mass is 10.1. The molecule has 126 valence electrons. The van der Waals surface area contributed by atoms with Gasteiger partial charge < -0.3 is 15.7 Å². The zero-order valence-corrected chi connectivity index (χ0v) is 13.0. The second-order valence-corrected chi connectivity index (χ2v) is 5.29. The van der Waals surface area contributed by atoms with Crippen LogP contribution in [0.4, 0.5) is 10.5 Å². The van der Waals surface area contributed by atoms with Crippen LogP contribution in [0.3, 0.4) is 0 Å². The average molecular weight is 329 g/mol. The lowest BCUT2D eigenvalue weighted by molar-refractivity contribution is -0.385. The zero-order valence-electron chi connectivity index (χ0n) is 13.0. The summed E-state index contributed by atoms with van der Waals surface area (Å²) >= 11 is 0. The molecule has 0 aromatic heterocycles. The molecule has 0 fully saturated rings. The van der Waals surface area contributed by atoms with Crippen molar-refractivity contribution in [2.75, 3.05) is 6.54 Å². The van der Waals surface area contributed by atoms with E-state index in [9.17, 15) is 20.0 Å². The minimum absolute atomic E-state index is 0.0395. The molecule has 1 atom stereocenters. The summed E-state index contributed by atoms with van der Waals surface area (Å²) in [6.45, 7) is 0.134. The molecule has 0 bridgehead atoms. The number of aliphatic hydroxyl groups is 1. The van der Waals surface area contributed by atoms with Gasteiger partial charge in [-0.1, -0.05) is 48.5 Å². The summed E-state index contributed by atoms with van der Waals surface area (Å²) in [6.07, 6.45) is -0.269. The quantitative estimate of drug-likeness (QED) is 0.534. The third-order valence-corrected chi connectivity index (χ3v) is 3.44. The highest BCUT2D eigenvalue weighted by Gasteiger charge is 2.13. The third-order valence-electron chi connectivity index (χ3n) is 3.44. The topological polar surface area (TPSA) is 104 Å². The molecule has 3 N–H and O–H groups in total. The fraction of sp³-hybridized carbons (Fsp3) is 0.235. The van der Waals surface area contributed by atoms with Crippen molar-refractivity contribution in [1.82, 2.24) is 10.6 Å². The third kappa shape index (κ3) is 5.36. The second kappa shape index (κ2) is 8.64. The molecule has 0 saturated carbocycles. The predicted molar refractivity (Wildman–Crippen MR) is 89.5 cm³/mol. The fourth-order valence-electron chi connectivity index (χ4n) is 2.25. The minimum Gasteiger partial charge on any atom is -0.391 e. The number of aliphatic hydroxyl groups excluding tert-OH is 1. The van der Waals surface area contributed by atoms with E-state index >= 15 is 0 Å². The molecule has 2 aromatic rings. The van der Waals surface area contributed by atoms with Crippen LogP contribution in [-0.4, -0.2) is 28.7 Å². The summed E-state index contributed by atoms with van der Waals surface area (Å²) in [5, 5.41) is 25.9. The normalized spacial score (nSPS) is 11.5. The first-order valence-corrected chi connectivity index (χ1v) is 7.52.